The molecular formula is C14H26N2O2. The highest BCUT2D eigenvalue weighted by Crippen LogP contribution is 2.19. The first-order valence-corrected chi connectivity index (χ1v) is 7.38. The number of amides is 1. The van der Waals surface area contributed by atoms with Crippen LogP contribution in [0.5, 0.6) is 0 Å². The van der Waals surface area contributed by atoms with E-state index in [4.69, 9.17) is 0 Å². The smallest absolute Gasteiger partial charge is 0.237 e. The van der Waals surface area contributed by atoms with Crippen molar-refractivity contribution >= 4 is 5.91 Å². The van der Waals surface area contributed by atoms with E-state index in [9.17, 15) is 9.90 Å². The largest absolute Gasteiger partial charge is 0.391 e. The number of piperidine rings is 1. The molecule has 4 nitrogen and oxygen atoms in total. The predicted molar refractivity (Wildman–Crippen MR) is 71.2 cm³/mol. The van der Waals surface area contributed by atoms with Gasteiger partial charge in [0.05, 0.1) is 18.2 Å². The van der Waals surface area contributed by atoms with Crippen LogP contribution in [-0.4, -0.2) is 35.7 Å². The fourth-order valence-corrected chi connectivity index (χ4v) is 3.05. The molecule has 0 aromatic carbocycles. The monoisotopic (exact) mass is 254 g/mol. The predicted octanol–water partition coefficient (Wildman–Crippen LogP) is 1.18. The molecule has 0 aromatic rings. The topological polar surface area (TPSA) is 61.4 Å². The van der Waals surface area contributed by atoms with Gasteiger partial charge >= 0.3 is 0 Å². The molecule has 4 heteroatoms. The Labute approximate surface area is 110 Å². The van der Waals surface area contributed by atoms with Crippen LogP contribution in [0.2, 0.25) is 0 Å². The van der Waals surface area contributed by atoms with Crippen LogP contribution in [0.3, 0.4) is 0 Å². The molecule has 1 saturated carbocycles. The molecule has 2 rings (SSSR count). The molecule has 1 amide bonds. The Kier molecular flexibility index (Phi) is 5.01. The number of hydrogen-bond acceptors (Lipinski definition) is 3. The molecule has 2 fully saturated rings. The summed E-state index contributed by atoms with van der Waals surface area (Å²) in [6.07, 6.45) is 6.78. The Morgan fingerprint density at radius 3 is 2.78 bits per heavy atom. The van der Waals surface area contributed by atoms with Crippen LogP contribution in [-0.2, 0) is 4.79 Å². The highest BCUT2D eigenvalue weighted by Gasteiger charge is 2.29. The molecule has 0 bridgehead atoms. The second-order valence-corrected chi connectivity index (χ2v) is 5.96. The maximum atomic E-state index is 12.2. The number of hydrogen-bond donors (Lipinski definition) is 3. The lowest BCUT2D eigenvalue weighted by Gasteiger charge is -2.30. The lowest BCUT2D eigenvalue weighted by atomic mass is 9.93. The molecule has 4 atom stereocenters. The second kappa shape index (κ2) is 6.53. The minimum absolute atomic E-state index is 0.0426. The first-order chi connectivity index (χ1) is 8.66. The van der Waals surface area contributed by atoms with Gasteiger partial charge in [-0.05, 0) is 38.1 Å². The molecule has 0 radical (unpaired) electrons. The maximum Gasteiger partial charge on any atom is 0.237 e. The molecule has 1 aliphatic heterocycles. The van der Waals surface area contributed by atoms with Crippen LogP contribution in [0, 0.1) is 5.92 Å². The van der Waals surface area contributed by atoms with Crippen molar-refractivity contribution in [2.45, 2.75) is 70.1 Å². The molecule has 1 aliphatic carbocycles. The third kappa shape index (κ3) is 3.69. The van der Waals surface area contributed by atoms with E-state index in [0.29, 0.717) is 5.92 Å². The van der Waals surface area contributed by atoms with Crippen molar-refractivity contribution < 1.29 is 9.90 Å². The lowest BCUT2D eigenvalue weighted by molar-refractivity contribution is -0.125. The maximum absolute atomic E-state index is 12.2. The van der Waals surface area contributed by atoms with Gasteiger partial charge in [0.2, 0.25) is 5.91 Å². The standard InChI is InChI=1S/C14H26N2O2/c1-10-7-8-15-12(9-10)14(18)16-11-5-3-2-4-6-13(11)17/h10-13,15,17H,2-9H2,1H3,(H,16,18). The van der Waals surface area contributed by atoms with Crippen LogP contribution in [0.4, 0.5) is 0 Å². The van der Waals surface area contributed by atoms with Crippen molar-refractivity contribution in [3.05, 3.63) is 0 Å². The SMILES string of the molecule is CC1CCNC(C(=O)NC2CCCCCC2O)C1. The average Bonchev–Trinajstić information content (AvgIpc) is 2.55. The molecular weight excluding hydrogens is 228 g/mol. The van der Waals surface area contributed by atoms with E-state index in [1.807, 2.05) is 0 Å². The van der Waals surface area contributed by atoms with Crippen molar-refractivity contribution in [3.63, 3.8) is 0 Å². The summed E-state index contributed by atoms with van der Waals surface area (Å²) >= 11 is 0. The van der Waals surface area contributed by atoms with E-state index < -0.39 is 0 Å². The average molecular weight is 254 g/mol. The Balaban J connectivity index is 1.85. The Bertz CT molecular complexity index is 283. The van der Waals surface area contributed by atoms with Gasteiger partial charge in [-0.25, -0.2) is 0 Å². The van der Waals surface area contributed by atoms with Crippen molar-refractivity contribution in [2.24, 2.45) is 5.92 Å². The zero-order chi connectivity index (χ0) is 13.0. The molecule has 18 heavy (non-hydrogen) atoms. The zero-order valence-electron chi connectivity index (χ0n) is 11.3. The molecule has 4 unspecified atom stereocenters. The molecule has 0 aromatic heterocycles. The minimum Gasteiger partial charge on any atom is -0.391 e. The van der Waals surface area contributed by atoms with Crippen LogP contribution in [0.25, 0.3) is 0 Å². The first-order valence-electron chi connectivity index (χ1n) is 7.38. The lowest BCUT2D eigenvalue weighted by Crippen LogP contribution is -2.53. The molecule has 0 spiro atoms. The van der Waals surface area contributed by atoms with E-state index in [1.54, 1.807) is 0 Å². The summed E-state index contributed by atoms with van der Waals surface area (Å²) in [5.74, 6) is 0.688. The van der Waals surface area contributed by atoms with Crippen LogP contribution >= 0.6 is 0 Å². The minimum atomic E-state index is -0.363. The number of aliphatic hydroxyl groups is 1. The van der Waals surface area contributed by atoms with Crippen LogP contribution < -0.4 is 10.6 Å². The third-order valence-corrected chi connectivity index (χ3v) is 4.29. The molecule has 3 N–H and O–H groups in total. The van der Waals surface area contributed by atoms with Crippen molar-refractivity contribution in [1.29, 1.82) is 0 Å². The van der Waals surface area contributed by atoms with Gasteiger partial charge in [0.15, 0.2) is 0 Å². The van der Waals surface area contributed by atoms with Crippen molar-refractivity contribution in [3.8, 4) is 0 Å². The van der Waals surface area contributed by atoms with Crippen LogP contribution in [0.15, 0.2) is 0 Å². The summed E-state index contributed by atoms with van der Waals surface area (Å²) in [4.78, 5) is 12.2. The normalized spacial score (nSPS) is 37.9. The Morgan fingerprint density at radius 1 is 1.22 bits per heavy atom. The number of rotatable bonds is 2. The van der Waals surface area contributed by atoms with Gasteiger partial charge < -0.3 is 15.7 Å². The van der Waals surface area contributed by atoms with E-state index >= 15 is 0 Å². The van der Waals surface area contributed by atoms with Crippen LogP contribution in [0.1, 0.15) is 51.9 Å². The summed E-state index contributed by atoms with van der Waals surface area (Å²) in [6.45, 7) is 3.12. The molecule has 1 heterocycles. The molecule has 2 aliphatic rings. The Morgan fingerprint density at radius 2 is 2.00 bits per heavy atom. The van der Waals surface area contributed by atoms with Gasteiger partial charge in [-0.15, -0.1) is 0 Å². The summed E-state index contributed by atoms with van der Waals surface area (Å²) in [5, 5.41) is 16.3. The molecule has 104 valence electrons. The van der Waals surface area contributed by atoms with Gasteiger partial charge in [0.1, 0.15) is 0 Å². The van der Waals surface area contributed by atoms with Crippen molar-refractivity contribution in [2.75, 3.05) is 6.54 Å². The number of carbonyl (C=O) groups excluding carboxylic acids is 1. The summed E-state index contributed by atoms with van der Waals surface area (Å²) in [7, 11) is 0. The van der Waals surface area contributed by atoms with E-state index in [0.717, 1.165) is 45.1 Å². The summed E-state index contributed by atoms with van der Waals surface area (Å²) in [6, 6.07) is -0.108. The zero-order valence-corrected chi connectivity index (χ0v) is 11.3. The van der Waals surface area contributed by atoms with Gasteiger partial charge in [-0.1, -0.05) is 26.2 Å². The second-order valence-electron chi connectivity index (χ2n) is 5.96. The number of carbonyl (C=O) groups is 1. The number of nitrogens with one attached hydrogen (secondary N) is 2. The number of aliphatic hydroxyl groups excluding tert-OH is 1. The fraction of sp³-hybridized carbons (Fsp3) is 0.929. The van der Waals surface area contributed by atoms with Gasteiger partial charge in [-0.3, -0.25) is 4.79 Å². The fourth-order valence-electron chi connectivity index (χ4n) is 3.05. The highest BCUT2D eigenvalue weighted by molar-refractivity contribution is 5.82. The highest BCUT2D eigenvalue weighted by atomic mass is 16.3. The first kappa shape index (κ1) is 13.8. The van der Waals surface area contributed by atoms with E-state index in [-0.39, 0.29) is 24.1 Å². The van der Waals surface area contributed by atoms with Gasteiger partial charge in [-0.2, -0.15) is 0 Å². The Hall–Kier alpha value is -0.610. The summed E-state index contributed by atoms with van der Waals surface area (Å²) < 4.78 is 0. The summed E-state index contributed by atoms with van der Waals surface area (Å²) in [5.41, 5.74) is 0. The van der Waals surface area contributed by atoms with E-state index in [1.165, 1.54) is 6.42 Å². The quantitative estimate of drug-likeness (QED) is 0.649. The van der Waals surface area contributed by atoms with E-state index in [2.05, 4.69) is 17.6 Å². The van der Waals surface area contributed by atoms with Gasteiger partial charge in [0.25, 0.3) is 0 Å². The third-order valence-electron chi connectivity index (χ3n) is 4.29. The molecule has 1 saturated heterocycles. The van der Waals surface area contributed by atoms with Crippen molar-refractivity contribution in [1.82, 2.24) is 10.6 Å². The van der Waals surface area contributed by atoms with Gasteiger partial charge in [0, 0.05) is 0 Å².